The maximum absolute atomic E-state index is 11.9. The van der Waals surface area contributed by atoms with Gasteiger partial charge in [-0.25, -0.2) is 0 Å². The summed E-state index contributed by atoms with van der Waals surface area (Å²) in [6, 6.07) is 7.54. The number of aliphatic hydroxyl groups is 1. The number of carbonyl (C=O) groups excluding carboxylic acids is 1. The van der Waals surface area contributed by atoms with Crippen molar-refractivity contribution < 1.29 is 14.6 Å². The normalized spacial score (nSPS) is 18.3. The third-order valence-corrected chi connectivity index (χ3v) is 3.21. The van der Waals surface area contributed by atoms with Crippen LogP contribution in [0.25, 0.3) is 0 Å². The number of ether oxygens (including phenoxy) is 1. The molecule has 0 spiro atoms. The minimum atomic E-state index is -0.0194. The van der Waals surface area contributed by atoms with Crippen molar-refractivity contribution in [1.82, 2.24) is 10.6 Å². The summed E-state index contributed by atoms with van der Waals surface area (Å²) in [6.45, 7) is 2.37. The van der Waals surface area contributed by atoms with E-state index in [1.54, 1.807) is 0 Å². The van der Waals surface area contributed by atoms with Gasteiger partial charge in [-0.15, -0.1) is 0 Å². The summed E-state index contributed by atoms with van der Waals surface area (Å²) in [5.74, 6) is 0.869. The number of para-hydroxylation sites is 1. The van der Waals surface area contributed by atoms with Gasteiger partial charge in [-0.1, -0.05) is 18.2 Å². The smallest absolute Gasteiger partial charge is 0.224 e. The molecule has 0 saturated carbocycles. The fourth-order valence-electron chi connectivity index (χ4n) is 2.15. The van der Waals surface area contributed by atoms with Gasteiger partial charge in [0.1, 0.15) is 12.4 Å². The number of benzene rings is 1. The zero-order valence-corrected chi connectivity index (χ0v) is 10.9. The van der Waals surface area contributed by atoms with Gasteiger partial charge in [0.05, 0.1) is 12.5 Å². The second-order valence-corrected chi connectivity index (χ2v) is 4.59. The Morgan fingerprint density at radius 3 is 3.05 bits per heavy atom. The third kappa shape index (κ3) is 3.94. The lowest BCUT2D eigenvalue weighted by Gasteiger charge is -2.13. The highest BCUT2D eigenvalue weighted by Gasteiger charge is 2.22. The van der Waals surface area contributed by atoms with Crippen LogP contribution in [-0.2, 0) is 11.3 Å². The van der Waals surface area contributed by atoms with E-state index in [0.29, 0.717) is 12.3 Å². The molecular weight excluding hydrogens is 244 g/mol. The van der Waals surface area contributed by atoms with Crippen molar-refractivity contribution in [3.8, 4) is 5.75 Å². The quantitative estimate of drug-likeness (QED) is 0.690. The first-order valence-corrected chi connectivity index (χ1v) is 6.61. The highest BCUT2D eigenvalue weighted by atomic mass is 16.5. The van der Waals surface area contributed by atoms with Gasteiger partial charge in [0.2, 0.25) is 5.91 Å². The predicted molar refractivity (Wildman–Crippen MR) is 71.8 cm³/mol. The predicted octanol–water partition coefficient (Wildman–Crippen LogP) is 0.283. The molecule has 1 aromatic carbocycles. The highest BCUT2D eigenvalue weighted by Crippen LogP contribution is 2.18. The summed E-state index contributed by atoms with van der Waals surface area (Å²) in [4.78, 5) is 11.9. The minimum absolute atomic E-state index is 0.0194. The zero-order valence-electron chi connectivity index (χ0n) is 10.9. The number of carbonyl (C=O) groups is 1. The lowest BCUT2D eigenvalue weighted by molar-refractivity contribution is -0.124. The first-order valence-electron chi connectivity index (χ1n) is 6.61. The molecular formula is C14H20N2O3. The number of amides is 1. The van der Waals surface area contributed by atoms with Crippen LogP contribution in [0.2, 0.25) is 0 Å². The molecule has 0 aliphatic carbocycles. The van der Waals surface area contributed by atoms with E-state index in [2.05, 4.69) is 10.6 Å². The van der Waals surface area contributed by atoms with Crippen LogP contribution in [0.1, 0.15) is 12.0 Å². The summed E-state index contributed by atoms with van der Waals surface area (Å²) in [5.41, 5.74) is 0.926. The van der Waals surface area contributed by atoms with Crippen LogP contribution in [0.15, 0.2) is 24.3 Å². The van der Waals surface area contributed by atoms with Gasteiger partial charge >= 0.3 is 0 Å². The molecule has 0 radical (unpaired) electrons. The summed E-state index contributed by atoms with van der Waals surface area (Å²) in [5, 5.41) is 14.9. The minimum Gasteiger partial charge on any atom is -0.491 e. The van der Waals surface area contributed by atoms with Gasteiger partial charge < -0.3 is 20.5 Å². The second kappa shape index (κ2) is 7.11. The van der Waals surface area contributed by atoms with Crippen molar-refractivity contribution in [2.75, 3.05) is 26.3 Å². The maximum Gasteiger partial charge on any atom is 0.224 e. The first-order chi connectivity index (χ1) is 9.31. The molecule has 5 nitrogen and oxygen atoms in total. The SMILES string of the molecule is O=C(NCc1ccccc1OCCO)C1CCNC1. The van der Waals surface area contributed by atoms with E-state index in [0.717, 1.165) is 25.1 Å². The van der Waals surface area contributed by atoms with Crippen LogP contribution in [0.5, 0.6) is 5.75 Å². The van der Waals surface area contributed by atoms with Gasteiger partial charge in [0.15, 0.2) is 0 Å². The second-order valence-electron chi connectivity index (χ2n) is 4.59. The molecule has 3 N–H and O–H groups in total. The van der Waals surface area contributed by atoms with Gasteiger partial charge in [-0.2, -0.15) is 0 Å². The zero-order chi connectivity index (χ0) is 13.5. The van der Waals surface area contributed by atoms with Crippen molar-refractivity contribution in [1.29, 1.82) is 0 Å². The Hall–Kier alpha value is -1.59. The van der Waals surface area contributed by atoms with Crippen molar-refractivity contribution in [2.24, 2.45) is 5.92 Å². The maximum atomic E-state index is 11.9. The molecule has 1 aliphatic rings. The van der Waals surface area contributed by atoms with Crippen molar-refractivity contribution in [3.63, 3.8) is 0 Å². The fraction of sp³-hybridized carbons (Fsp3) is 0.500. The van der Waals surface area contributed by atoms with Crippen molar-refractivity contribution >= 4 is 5.91 Å². The van der Waals surface area contributed by atoms with Crippen LogP contribution < -0.4 is 15.4 Å². The molecule has 1 atom stereocenters. The van der Waals surface area contributed by atoms with Crippen molar-refractivity contribution in [2.45, 2.75) is 13.0 Å². The van der Waals surface area contributed by atoms with Crippen LogP contribution in [-0.4, -0.2) is 37.3 Å². The fourth-order valence-corrected chi connectivity index (χ4v) is 2.15. The van der Waals surface area contributed by atoms with E-state index < -0.39 is 0 Å². The van der Waals surface area contributed by atoms with E-state index in [1.165, 1.54) is 0 Å². The monoisotopic (exact) mass is 264 g/mol. The molecule has 1 amide bonds. The molecule has 1 saturated heterocycles. The number of hydrogen-bond donors (Lipinski definition) is 3. The molecule has 1 heterocycles. The lowest BCUT2D eigenvalue weighted by atomic mass is 10.1. The standard InChI is InChI=1S/C14H20N2O3/c17-7-8-19-13-4-2-1-3-11(13)10-16-14(18)12-5-6-15-9-12/h1-4,12,15,17H,5-10H2,(H,16,18). The largest absolute Gasteiger partial charge is 0.491 e. The lowest BCUT2D eigenvalue weighted by Crippen LogP contribution is -2.31. The molecule has 0 aromatic heterocycles. The highest BCUT2D eigenvalue weighted by molar-refractivity contribution is 5.79. The average molecular weight is 264 g/mol. The van der Waals surface area contributed by atoms with Crippen LogP contribution in [0, 0.1) is 5.92 Å². The molecule has 2 rings (SSSR count). The molecule has 1 unspecified atom stereocenters. The molecule has 104 valence electrons. The van der Waals surface area contributed by atoms with Crippen LogP contribution >= 0.6 is 0 Å². The Labute approximate surface area is 113 Å². The summed E-state index contributed by atoms with van der Waals surface area (Å²) >= 11 is 0. The van der Waals surface area contributed by atoms with Crippen LogP contribution in [0.3, 0.4) is 0 Å². The van der Waals surface area contributed by atoms with E-state index in [9.17, 15) is 4.79 Å². The van der Waals surface area contributed by atoms with Gasteiger partial charge in [0.25, 0.3) is 0 Å². The third-order valence-electron chi connectivity index (χ3n) is 3.21. The van der Waals surface area contributed by atoms with Gasteiger partial charge in [0, 0.05) is 18.7 Å². The first kappa shape index (κ1) is 13.8. The van der Waals surface area contributed by atoms with E-state index in [1.807, 2.05) is 24.3 Å². The molecule has 19 heavy (non-hydrogen) atoms. The van der Waals surface area contributed by atoms with E-state index >= 15 is 0 Å². The molecule has 1 fully saturated rings. The number of rotatable bonds is 6. The van der Waals surface area contributed by atoms with Crippen LogP contribution in [0.4, 0.5) is 0 Å². The Morgan fingerprint density at radius 1 is 1.47 bits per heavy atom. The Balaban J connectivity index is 1.89. The average Bonchev–Trinajstić information content (AvgIpc) is 2.97. The van der Waals surface area contributed by atoms with Gasteiger partial charge in [-0.05, 0) is 19.0 Å². The van der Waals surface area contributed by atoms with Crippen molar-refractivity contribution in [3.05, 3.63) is 29.8 Å². The molecule has 1 aliphatic heterocycles. The summed E-state index contributed by atoms with van der Waals surface area (Å²) < 4.78 is 5.43. The topological polar surface area (TPSA) is 70.6 Å². The van der Waals surface area contributed by atoms with E-state index in [-0.39, 0.29) is 25.0 Å². The number of hydrogen-bond acceptors (Lipinski definition) is 4. The summed E-state index contributed by atoms with van der Waals surface area (Å²) in [7, 11) is 0. The van der Waals surface area contributed by atoms with Gasteiger partial charge in [-0.3, -0.25) is 4.79 Å². The Kier molecular flexibility index (Phi) is 5.18. The molecule has 1 aromatic rings. The number of aliphatic hydroxyl groups excluding tert-OH is 1. The summed E-state index contributed by atoms with van der Waals surface area (Å²) in [6.07, 6.45) is 0.897. The Bertz CT molecular complexity index is 417. The van der Waals surface area contributed by atoms with E-state index in [4.69, 9.17) is 9.84 Å². The molecule has 0 bridgehead atoms. The molecule has 5 heteroatoms. The number of nitrogens with one attached hydrogen (secondary N) is 2. The Morgan fingerprint density at radius 2 is 2.32 bits per heavy atom.